The first-order chi connectivity index (χ1) is 4.46. The SMILES string of the molecule is C/C(Cl)=C(O)\C(O)=C(/C)Cl. The standard InChI is InChI=1S/C6H8Cl2O2/c1-3(7)5(9)6(10)4(2)8/h9-10H,1-2H3/b5-3-,6-4-. The minimum Gasteiger partial charge on any atom is -0.503 e. The van der Waals surface area contributed by atoms with Gasteiger partial charge in [0.2, 0.25) is 0 Å². The summed E-state index contributed by atoms with van der Waals surface area (Å²) in [6, 6.07) is 0. The second-order valence-electron chi connectivity index (χ2n) is 1.76. The summed E-state index contributed by atoms with van der Waals surface area (Å²) in [7, 11) is 0. The lowest BCUT2D eigenvalue weighted by Gasteiger charge is -1.99. The molecule has 0 aliphatic carbocycles. The third kappa shape index (κ3) is 2.50. The molecule has 0 aromatic heterocycles. The van der Waals surface area contributed by atoms with Crippen molar-refractivity contribution in [2.75, 3.05) is 0 Å². The molecule has 0 aromatic carbocycles. The molecule has 0 rings (SSSR count). The predicted octanol–water partition coefficient (Wildman–Crippen LogP) is 3.04. The van der Waals surface area contributed by atoms with Crippen LogP contribution in [0.2, 0.25) is 0 Å². The van der Waals surface area contributed by atoms with E-state index in [1.165, 1.54) is 13.8 Å². The molecule has 0 fully saturated rings. The van der Waals surface area contributed by atoms with Gasteiger partial charge >= 0.3 is 0 Å². The summed E-state index contributed by atoms with van der Waals surface area (Å²) in [6.07, 6.45) is 0. The molecule has 0 bridgehead atoms. The highest BCUT2D eigenvalue weighted by Gasteiger charge is 2.05. The zero-order chi connectivity index (χ0) is 8.31. The van der Waals surface area contributed by atoms with Crippen molar-refractivity contribution in [1.29, 1.82) is 0 Å². The van der Waals surface area contributed by atoms with Gasteiger partial charge in [0.05, 0.1) is 10.1 Å². The smallest absolute Gasteiger partial charge is 0.173 e. The van der Waals surface area contributed by atoms with E-state index in [1.807, 2.05) is 0 Å². The van der Waals surface area contributed by atoms with Crippen LogP contribution in [0.15, 0.2) is 21.6 Å². The summed E-state index contributed by atoms with van der Waals surface area (Å²) < 4.78 is 0. The first-order valence-corrected chi connectivity index (χ1v) is 3.33. The Labute approximate surface area is 69.4 Å². The molecule has 0 radical (unpaired) electrons. The molecule has 58 valence electrons. The summed E-state index contributed by atoms with van der Waals surface area (Å²) in [5.74, 6) is -0.761. The Morgan fingerprint density at radius 1 is 0.900 bits per heavy atom. The van der Waals surface area contributed by atoms with Crippen LogP contribution in [0.5, 0.6) is 0 Å². The minimum absolute atomic E-state index is 0.109. The Kier molecular flexibility index (Phi) is 3.61. The summed E-state index contributed by atoms with van der Waals surface area (Å²) in [5.41, 5.74) is 0. The number of hydrogen-bond donors (Lipinski definition) is 2. The quantitative estimate of drug-likeness (QED) is 0.484. The van der Waals surface area contributed by atoms with E-state index < -0.39 is 0 Å². The van der Waals surface area contributed by atoms with E-state index in [0.717, 1.165) is 0 Å². The van der Waals surface area contributed by atoms with Gasteiger partial charge in [0.15, 0.2) is 11.5 Å². The predicted molar refractivity (Wildman–Crippen MR) is 42.4 cm³/mol. The highest BCUT2D eigenvalue weighted by Crippen LogP contribution is 2.17. The maximum absolute atomic E-state index is 8.92. The number of rotatable bonds is 1. The first-order valence-electron chi connectivity index (χ1n) is 2.58. The van der Waals surface area contributed by atoms with E-state index in [-0.39, 0.29) is 21.6 Å². The number of hydrogen-bond acceptors (Lipinski definition) is 2. The van der Waals surface area contributed by atoms with Crippen molar-refractivity contribution < 1.29 is 10.2 Å². The van der Waals surface area contributed by atoms with E-state index >= 15 is 0 Å². The fraction of sp³-hybridized carbons (Fsp3) is 0.333. The van der Waals surface area contributed by atoms with Crippen LogP contribution in [-0.4, -0.2) is 10.2 Å². The van der Waals surface area contributed by atoms with Crippen LogP contribution in [0.4, 0.5) is 0 Å². The molecular weight excluding hydrogens is 175 g/mol. The molecule has 2 nitrogen and oxygen atoms in total. The largest absolute Gasteiger partial charge is 0.503 e. The number of halogens is 2. The van der Waals surface area contributed by atoms with Crippen LogP contribution in [0.25, 0.3) is 0 Å². The Morgan fingerprint density at radius 2 is 1.10 bits per heavy atom. The second-order valence-corrected chi connectivity index (χ2v) is 2.90. The van der Waals surface area contributed by atoms with Gasteiger partial charge in [0, 0.05) is 0 Å². The normalized spacial score (nSPS) is 16.0. The Balaban J connectivity index is 4.71. The molecule has 2 N–H and O–H groups in total. The van der Waals surface area contributed by atoms with Crippen LogP contribution in [-0.2, 0) is 0 Å². The van der Waals surface area contributed by atoms with Gasteiger partial charge in [-0.05, 0) is 13.8 Å². The van der Waals surface area contributed by atoms with Crippen molar-refractivity contribution in [2.45, 2.75) is 13.8 Å². The monoisotopic (exact) mass is 182 g/mol. The maximum Gasteiger partial charge on any atom is 0.173 e. The molecule has 0 aliphatic heterocycles. The van der Waals surface area contributed by atoms with E-state index in [0.29, 0.717) is 0 Å². The van der Waals surface area contributed by atoms with Crippen molar-refractivity contribution in [2.24, 2.45) is 0 Å². The highest BCUT2D eigenvalue weighted by atomic mass is 35.5. The van der Waals surface area contributed by atoms with Crippen molar-refractivity contribution in [1.82, 2.24) is 0 Å². The highest BCUT2D eigenvalue weighted by molar-refractivity contribution is 6.31. The van der Waals surface area contributed by atoms with E-state index in [9.17, 15) is 0 Å². The maximum atomic E-state index is 8.92. The van der Waals surface area contributed by atoms with Gasteiger partial charge in [-0.3, -0.25) is 0 Å². The van der Waals surface area contributed by atoms with Gasteiger partial charge in [0.1, 0.15) is 0 Å². The van der Waals surface area contributed by atoms with Crippen LogP contribution in [0.1, 0.15) is 13.8 Å². The van der Waals surface area contributed by atoms with Crippen LogP contribution >= 0.6 is 23.2 Å². The van der Waals surface area contributed by atoms with Crippen LogP contribution < -0.4 is 0 Å². The summed E-state index contributed by atoms with van der Waals surface area (Å²) in [6.45, 7) is 2.90. The van der Waals surface area contributed by atoms with E-state index in [4.69, 9.17) is 33.4 Å². The Hall–Kier alpha value is -0.340. The van der Waals surface area contributed by atoms with Crippen LogP contribution in [0, 0.1) is 0 Å². The minimum atomic E-state index is -0.380. The Morgan fingerprint density at radius 3 is 1.20 bits per heavy atom. The molecule has 0 amide bonds. The first kappa shape index (κ1) is 9.66. The topological polar surface area (TPSA) is 40.5 Å². The second kappa shape index (κ2) is 3.74. The van der Waals surface area contributed by atoms with Gasteiger partial charge in [-0.15, -0.1) is 0 Å². The molecule has 0 unspecified atom stereocenters. The van der Waals surface area contributed by atoms with Crippen LogP contribution in [0.3, 0.4) is 0 Å². The molecular formula is C6H8Cl2O2. The lowest BCUT2D eigenvalue weighted by molar-refractivity contribution is 0.323. The lowest BCUT2D eigenvalue weighted by Crippen LogP contribution is -1.89. The summed E-state index contributed by atoms with van der Waals surface area (Å²) in [5, 5.41) is 18.1. The molecule has 0 heterocycles. The van der Waals surface area contributed by atoms with E-state index in [1.54, 1.807) is 0 Å². The molecule has 0 spiro atoms. The zero-order valence-corrected chi connectivity index (χ0v) is 7.16. The molecule has 0 saturated carbocycles. The zero-order valence-electron chi connectivity index (χ0n) is 5.65. The van der Waals surface area contributed by atoms with Crippen molar-refractivity contribution in [3.63, 3.8) is 0 Å². The molecule has 0 atom stereocenters. The number of aliphatic hydroxyl groups is 2. The van der Waals surface area contributed by atoms with Gasteiger partial charge in [0.25, 0.3) is 0 Å². The number of allylic oxidation sites excluding steroid dienone is 2. The fourth-order valence-electron chi connectivity index (χ4n) is 0.326. The third-order valence-electron chi connectivity index (χ3n) is 0.877. The molecule has 4 heteroatoms. The lowest BCUT2D eigenvalue weighted by atomic mass is 10.3. The summed E-state index contributed by atoms with van der Waals surface area (Å²) >= 11 is 10.7. The van der Waals surface area contributed by atoms with Gasteiger partial charge < -0.3 is 10.2 Å². The van der Waals surface area contributed by atoms with Gasteiger partial charge in [-0.1, -0.05) is 23.2 Å². The average molecular weight is 183 g/mol. The average Bonchev–Trinajstić information content (AvgIpc) is 1.84. The van der Waals surface area contributed by atoms with Crippen molar-refractivity contribution in [3.05, 3.63) is 21.6 Å². The number of aliphatic hydroxyl groups excluding tert-OH is 2. The van der Waals surface area contributed by atoms with Gasteiger partial charge in [-0.2, -0.15) is 0 Å². The molecule has 10 heavy (non-hydrogen) atoms. The molecule has 0 aromatic rings. The third-order valence-corrected chi connectivity index (χ3v) is 1.23. The van der Waals surface area contributed by atoms with Crippen molar-refractivity contribution in [3.8, 4) is 0 Å². The fourth-order valence-corrected chi connectivity index (χ4v) is 0.505. The van der Waals surface area contributed by atoms with Crippen molar-refractivity contribution >= 4 is 23.2 Å². The van der Waals surface area contributed by atoms with Gasteiger partial charge in [-0.25, -0.2) is 0 Å². The molecule has 0 saturated heterocycles. The molecule has 0 aliphatic rings. The summed E-state index contributed by atoms with van der Waals surface area (Å²) in [4.78, 5) is 0. The van der Waals surface area contributed by atoms with E-state index in [2.05, 4.69) is 0 Å². The Bertz CT molecular complexity index is 164.